The number of nitriles is 1. The Kier molecular flexibility index (Phi) is 5.58. The number of benzene rings is 2. The van der Waals surface area contributed by atoms with Gasteiger partial charge in [-0.25, -0.2) is 4.98 Å². The second-order valence-electron chi connectivity index (χ2n) is 7.00. The summed E-state index contributed by atoms with van der Waals surface area (Å²) in [4.78, 5) is 19.1. The highest BCUT2D eigenvalue weighted by Gasteiger charge is 2.31. The minimum Gasteiger partial charge on any atom is -0.406 e. The van der Waals surface area contributed by atoms with E-state index in [1.807, 2.05) is 6.07 Å². The normalized spacial score (nSPS) is 11.1. The lowest BCUT2D eigenvalue weighted by atomic mass is 10.0. The molecule has 4 aromatic rings. The standard InChI is InChI=1S/C24H15F3N4O2/c1-2-22(32)31-18-7-16(8-19(10-18)33-24(25,26)27)17-9-20-21(13-30-23(20)29-12-17)15-5-3-4-14(6-15)11-28/h2-10,12-13H,1H2,(H,29,30)(H,31,32). The van der Waals surface area contributed by atoms with Crippen LogP contribution < -0.4 is 10.1 Å². The van der Waals surface area contributed by atoms with Crippen LogP contribution in [-0.4, -0.2) is 22.2 Å². The summed E-state index contributed by atoms with van der Waals surface area (Å²) in [5.41, 5.74) is 3.58. The molecule has 1 amide bonds. The zero-order valence-electron chi connectivity index (χ0n) is 16.9. The molecule has 0 radical (unpaired) electrons. The number of nitrogens with zero attached hydrogens (tertiary/aromatic N) is 2. The third-order valence-corrected chi connectivity index (χ3v) is 4.76. The number of amides is 1. The quantitative estimate of drug-likeness (QED) is 0.378. The van der Waals surface area contributed by atoms with Gasteiger partial charge in [-0.2, -0.15) is 5.26 Å². The third-order valence-electron chi connectivity index (χ3n) is 4.76. The number of carbonyl (C=O) groups excluding carboxylic acids is 1. The van der Waals surface area contributed by atoms with Crippen LogP contribution in [0, 0.1) is 11.3 Å². The molecule has 9 heteroatoms. The minimum atomic E-state index is -4.90. The van der Waals surface area contributed by atoms with Gasteiger partial charge in [0.1, 0.15) is 11.4 Å². The third kappa shape index (κ3) is 4.85. The van der Waals surface area contributed by atoms with Crippen molar-refractivity contribution in [2.24, 2.45) is 0 Å². The maximum atomic E-state index is 12.8. The number of hydrogen-bond donors (Lipinski definition) is 2. The van der Waals surface area contributed by atoms with Gasteiger partial charge in [0, 0.05) is 40.7 Å². The number of alkyl halides is 3. The van der Waals surface area contributed by atoms with Crippen LogP contribution in [0.1, 0.15) is 5.56 Å². The number of halogens is 3. The van der Waals surface area contributed by atoms with E-state index in [0.29, 0.717) is 27.7 Å². The number of rotatable bonds is 5. The fourth-order valence-electron chi connectivity index (χ4n) is 3.38. The van der Waals surface area contributed by atoms with E-state index in [4.69, 9.17) is 0 Å². The van der Waals surface area contributed by atoms with Gasteiger partial charge >= 0.3 is 6.36 Å². The zero-order chi connectivity index (χ0) is 23.6. The maximum Gasteiger partial charge on any atom is 0.573 e. The second-order valence-corrected chi connectivity index (χ2v) is 7.00. The molecule has 4 rings (SSSR count). The summed E-state index contributed by atoms with van der Waals surface area (Å²) in [7, 11) is 0. The highest BCUT2D eigenvalue weighted by atomic mass is 19.4. The van der Waals surface area contributed by atoms with Crippen LogP contribution in [0.15, 0.2) is 73.6 Å². The molecule has 0 saturated carbocycles. The smallest absolute Gasteiger partial charge is 0.406 e. The number of ether oxygens (including phenoxy) is 1. The van der Waals surface area contributed by atoms with E-state index in [1.54, 1.807) is 30.5 Å². The van der Waals surface area contributed by atoms with Crippen molar-refractivity contribution in [2.45, 2.75) is 6.36 Å². The summed E-state index contributed by atoms with van der Waals surface area (Å²) < 4.78 is 42.6. The van der Waals surface area contributed by atoms with E-state index in [-0.39, 0.29) is 5.69 Å². The van der Waals surface area contributed by atoms with Crippen LogP contribution >= 0.6 is 0 Å². The van der Waals surface area contributed by atoms with E-state index in [9.17, 15) is 23.2 Å². The summed E-state index contributed by atoms with van der Waals surface area (Å²) in [6, 6.07) is 14.7. The average Bonchev–Trinajstić information content (AvgIpc) is 3.21. The van der Waals surface area contributed by atoms with Gasteiger partial charge in [0.15, 0.2) is 0 Å². The summed E-state index contributed by atoms with van der Waals surface area (Å²) in [5, 5.41) is 12.3. The Morgan fingerprint density at radius 2 is 1.97 bits per heavy atom. The number of anilines is 1. The van der Waals surface area contributed by atoms with Crippen LogP contribution in [0.2, 0.25) is 0 Å². The summed E-state index contributed by atoms with van der Waals surface area (Å²) >= 11 is 0. The molecule has 0 saturated heterocycles. The number of carbonyl (C=O) groups is 1. The molecule has 0 spiro atoms. The first-order valence-electron chi connectivity index (χ1n) is 9.58. The van der Waals surface area contributed by atoms with E-state index >= 15 is 0 Å². The number of pyridine rings is 1. The Balaban J connectivity index is 1.82. The molecular formula is C24H15F3N4O2. The molecule has 33 heavy (non-hydrogen) atoms. The minimum absolute atomic E-state index is 0.104. The maximum absolute atomic E-state index is 12.8. The first-order valence-corrected chi connectivity index (χ1v) is 9.58. The molecule has 2 heterocycles. The summed E-state index contributed by atoms with van der Waals surface area (Å²) in [6.07, 6.45) is -0.650. The van der Waals surface area contributed by atoms with Crippen LogP contribution in [0.4, 0.5) is 18.9 Å². The predicted octanol–water partition coefficient (Wildman–Crippen LogP) is 5.79. The Labute approximate surface area is 186 Å². The van der Waals surface area contributed by atoms with Crippen LogP contribution in [0.3, 0.4) is 0 Å². The molecule has 0 bridgehead atoms. The van der Waals surface area contributed by atoms with Gasteiger partial charge in [0.05, 0.1) is 11.6 Å². The number of aromatic nitrogens is 2. The van der Waals surface area contributed by atoms with Gasteiger partial charge in [0.25, 0.3) is 0 Å². The number of H-pyrrole nitrogens is 1. The van der Waals surface area contributed by atoms with E-state index < -0.39 is 18.0 Å². The number of fused-ring (bicyclic) bond motifs is 1. The molecule has 0 atom stereocenters. The Morgan fingerprint density at radius 3 is 2.70 bits per heavy atom. The lowest BCUT2D eigenvalue weighted by molar-refractivity contribution is -0.274. The molecule has 2 N–H and O–H groups in total. The lowest BCUT2D eigenvalue weighted by Gasteiger charge is -2.13. The highest BCUT2D eigenvalue weighted by molar-refractivity contribution is 6.00. The Bertz CT molecular complexity index is 1420. The topological polar surface area (TPSA) is 90.8 Å². The fourth-order valence-corrected chi connectivity index (χ4v) is 3.38. The predicted molar refractivity (Wildman–Crippen MR) is 117 cm³/mol. The highest BCUT2D eigenvalue weighted by Crippen LogP contribution is 2.35. The molecular weight excluding hydrogens is 433 g/mol. The van der Waals surface area contributed by atoms with Crippen molar-refractivity contribution >= 4 is 22.6 Å². The number of hydrogen-bond acceptors (Lipinski definition) is 4. The van der Waals surface area contributed by atoms with Crippen molar-refractivity contribution in [2.75, 3.05) is 5.32 Å². The van der Waals surface area contributed by atoms with Crippen molar-refractivity contribution < 1.29 is 22.7 Å². The van der Waals surface area contributed by atoms with Crippen molar-refractivity contribution in [3.63, 3.8) is 0 Å². The van der Waals surface area contributed by atoms with Crippen LogP contribution in [0.25, 0.3) is 33.3 Å². The number of aromatic amines is 1. The van der Waals surface area contributed by atoms with Gasteiger partial charge in [-0.15, -0.1) is 13.2 Å². The van der Waals surface area contributed by atoms with E-state index in [0.717, 1.165) is 23.3 Å². The largest absolute Gasteiger partial charge is 0.573 e. The molecule has 0 unspecified atom stereocenters. The fraction of sp³-hybridized carbons (Fsp3) is 0.0417. The van der Waals surface area contributed by atoms with E-state index in [1.165, 1.54) is 18.3 Å². The van der Waals surface area contributed by atoms with Crippen LogP contribution in [0.5, 0.6) is 5.75 Å². The molecule has 2 aromatic heterocycles. The Hall–Kier alpha value is -4.58. The van der Waals surface area contributed by atoms with Gasteiger partial charge in [-0.05, 0) is 47.5 Å². The Morgan fingerprint density at radius 1 is 1.15 bits per heavy atom. The van der Waals surface area contributed by atoms with Gasteiger partial charge in [-0.3, -0.25) is 4.79 Å². The van der Waals surface area contributed by atoms with Gasteiger partial charge < -0.3 is 15.0 Å². The summed E-state index contributed by atoms with van der Waals surface area (Å²) in [6.45, 7) is 3.34. The molecule has 0 aliphatic rings. The van der Waals surface area contributed by atoms with Crippen molar-refractivity contribution in [1.82, 2.24) is 9.97 Å². The molecule has 0 aliphatic heterocycles. The zero-order valence-corrected chi connectivity index (χ0v) is 16.9. The van der Waals surface area contributed by atoms with Crippen molar-refractivity contribution in [3.05, 3.63) is 79.1 Å². The SMILES string of the molecule is C=CC(=O)Nc1cc(OC(F)(F)F)cc(-c2cnc3[nH]cc(-c4cccc(C#N)c4)c3c2)c1. The lowest BCUT2D eigenvalue weighted by Crippen LogP contribution is -2.17. The molecule has 0 fully saturated rings. The molecule has 0 aliphatic carbocycles. The van der Waals surface area contributed by atoms with E-state index in [2.05, 4.69) is 32.7 Å². The van der Waals surface area contributed by atoms with Crippen molar-refractivity contribution in [1.29, 1.82) is 5.26 Å². The van der Waals surface area contributed by atoms with Gasteiger partial charge in [0.2, 0.25) is 5.91 Å². The first kappa shape index (κ1) is 21.6. The molecule has 2 aromatic carbocycles. The second kappa shape index (κ2) is 8.51. The van der Waals surface area contributed by atoms with Crippen LogP contribution in [-0.2, 0) is 4.79 Å². The molecule has 6 nitrogen and oxygen atoms in total. The number of nitrogens with one attached hydrogen (secondary N) is 2. The molecule has 164 valence electrons. The first-order chi connectivity index (χ1) is 15.8. The van der Waals surface area contributed by atoms with Crippen molar-refractivity contribution in [3.8, 4) is 34.1 Å². The monoisotopic (exact) mass is 448 g/mol. The average molecular weight is 448 g/mol. The summed E-state index contributed by atoms with van der Waals surface area (Å²) in [5.74, 6) is -1.07. The van der Waals surface area contributed by atoms with Gasteiger partial charge in [-0.1, -0.05) is 18.7 Å².